The number of hydrogen-bond acceptors (Lipinski definition) is 4. The van der Waals surface area contributed by atoms with Crippen molar-refractivity contribution >= 4 is 11.8 Å². The number of ether oxygens (including phenoxy) is 1. The van der Waals surface area contributed by atoms with Crippen LogP contribution < -0.4 is 0 Å². The average molecular weight is 252 g/mol. The van der Waals surface area contributed by atoms with Gasteiger partial charge in [-0.1, -0.05) is 0 Å². The van der Waals surface area contributed by atoms with Gasteiger partial charge in [-0.05, 0) is 34.6 Å². The maximum atomic E-state index is 12.2. The molecule has 0 N–H and O–H groups in total. The SMILES string of the molecule is CCOC(=O)C(C)(C)C(=O)Cn1cnc(C)c1C. The van der Waals surface area contributed by atoms with E-state index >= 15 is 0 Å². The Labute approximate surface area is 107 Å². The molecule has 0 aliphatic rings. The van der Waals surface area contributed by atoms with E-state index in [1.165, 1.54) is 0 Å². The molecule has 0 aliphatic carbocycles. The maximum absolute atomic E-state index is 12.2. The summed E-state index contributed by atoms with van der Waals surface area (Å²) in [5, 5.41) is 0. The molecule has 100 valence electrons. The minimum Gasteiger partial charge on any atom is -0.465 e. The van der Waals surface area contributed by atoms with Crippen LogP contribution in [-0.4, -0.2) is 27.9 Å². The third kappa shape index (κ3) is 2.78. The normalized spacial score (nSPS) is 11.4. The number of ketones is 1. The first-order chi connectivity index (χ1) is 8.30. The summed E-state index contributed by atoms with van der Waals surface area (Å²) in [6.45, 7) is 9.09. The molecule has 0 unspecified atom stereocenters. The van der Waals surface area contributed by atoms with Gasteiger partial charge in [0.1, 0.15) is 5.41 Å². The third-order valence-corrected chi connectivity index (χ3v) is 3.14. The van der Waals surface area contributed by atoms with E-state index < -0.39 is 11.4 Å². The van der Waals surface area contributed by atoms with Gasteiger partial charge in [-0.3, -0.25) is 9.59 Å². The van der Waals surface area contributed by atoms with Crippen molar-refractivity contribution in [3.8, 4) is 0 Å². The summed E-state index contributed by atoms with van der Waals surface area (Å²) < 4.78 is 6.66. The van der Waals surface area contributed by atoms with E-state index in [1.807, 2.05) is 13.8 Å². The lowest BCUT2D eigenvalue weighted by atomic mass is 9.88. The van der Waals surface area contributed by atoms with E-state index in [4.69, 9.17) is 4.74 Å². The zero-order valence-electron chi connectivity index (χ0n) is 11.6. The van der Waals surface area contributed by atoms with Crippen LogP contribution in [0.5, 0.6) is 0 Å². The number of Topliss-reactive ketones (excluding diaryl/α,β-unsaturated/α-hetero) is 1. The van der Waals surface area contributed by atoms with E-state index in [2.05, 4.69) is 4.98 Å². The second kappa shape index (κ2) is 5.33. The molecular formula is C13H20N2O3. The molecule has 0 amide bonds. The molecule has 5 heteroatoms. The van der Waals surface area contributed by atoms with Crippen LogP contribution >= 0.6 is 0 Å². The summed E-state index contributed by atoms with van der Waals surface area (Å²) in [6, 6.07) is 0. The minimum absolute atomic E-state index is 0.137. The number of esters is 1. The van der Waals surface area contributed by atoms with Crippen molar-refractivity contribution in [2.75, 3.05) is 6.61 Å². The van der Waals surface area contributed by atoms with Gasteiger partial charge in [0, 0.05) is 5.69 Å². The summed E-state index contributed by atoms with van der Waals surface area (Å²) in [5.41, 5.74) is 0.695. The quantitative estimate of drug-likeness (QED) is 0.590. The third-order valence-electron chi connectivity index (χ3n) is 3.14. The molecule has 0 atom stereocenters. The topological polar surface area (TPSA) is 61.2 Å². The van der Waals surface area contributed by atoms with Crippen LogP contribution in [0.3, 0.4) is 0 Å². The van der Waals surface area contributed by atoms with Gasteiger partial charge in [0.15, 0.2) is 5.78 Å². The molecule has 1 heterocycles. The van der Waals surface area contributed by atoms with E-state index in [1.54, 1.807) is 31.7 Å². The lowest BCUT2D eigenvalue weighted by Crippen LogP contribution is -2.37. The van der Waals surface area contributed by atoms with Gasteiger partial charge in [-0.2, -0.15) is 0 Å². The predicted molar refractivity (Wildman–Crippen MR) is 67.1 cm³/mol. The number of rotatable bonds is 5. The highest BCUT2D eigenvalue weighted by Gasteiger charge is 2.37. The summed E-state index contributed by atoms with van der Waals surface area (Å²) in [4.78, 5) is 28.0. The van der Waals surface area contributed by atoms with Crippen molar-refractivity contribution in [2.24, 2.45) is 5.41 Å². The van der Waals surface area contributed by atoms with Crippen molar-refractivity contribution in [1.82, 2.24) is 9.55 Å². The van der Waals surface area contributed by atoms with Gasteiger partial charge in [-0.25, -0.2) is 4.98 Å². The van der Waals surface area contributed by atoms with Gasteiger partial charge < -0.3 is 9.30 Å². The second-order valence-electron chi connectivity index (χ2n) is 4.81. The number of imidazole rings is 1. The molecular weight excluding hydrogens is 232 g/mol. The number of aryl methyl sites for hydroxylation is 1. The summed E-state index contributed by atoms with van der Waals surface area (Å²) in [6.07, 6.45) is 1.61. The van der Waals surface area contributed by atoms with Crippen molar-refractivity contribution in [3.05, 3.63) is 17.7 Å². The Bertz CT molecular complexity index is 461. The highest BCUT2D eigenvalue weighted by Crippen LogP contribution is 2.20. The van der Waals surface area contributed by atoms with E-state index in [-0.39, 0.29) is 18.9 Å². The van der Waals surface area contributed by atoms with Crippen LogP contribution in [0.25, 0.3) is 0 Å². The zero-order chi connectivity index (χ0) is 13.9. The van der Waals surface area contributed by atoms with Crippen LogP contribution in [0.2, 0.25) is 0 Å². The Balaban J connectivity index is 2.82. The first-order valence-electron chi connectivity index (χ1n) is 5.99. The fourth-order valence-corrected chi connectivity index (χ4v) is 1.48. The molecule has 5 nitrogen and oxygen atoms in total. The van der Waals surface area contributed by atoms with Crippen LogP contribution in [-0.2, 0) is 20.9 Å². The highest BCUT2D eigenvalue weighted by molar-refractivity contribution is 6.02. The van der Waals surface area contributed by atoms with Gasteiger partial charge in [0.05, 0.1) is 25.2 Å². The Morgan fingerprint density at radius 2 is 2.00 bits per heavy atom. The smallest absolute Gasteiger partial charge is 0.319 e. The fraction of sp³-hybridized carbons (Fsp3) is 0.615. The first-order valence-corrected chi connectivity index (χ1v) is 5.99. The van der Waals surface area contributed by atoms with Crippen molar-refractivity contribution in [2.45, 2.75) is 41.2 Å². The van der Waals surface area contributed by atoms with Crippen LogP contribution in [0.4, 0.5) is 0 Å². The molecule has 0 radical (unpaired) electrons. The van der Waals surface area contributed by atoms with Gasteiger partial charge in [0.2, 0.25) is 0 Å². The average Bonchev–Trinajstić information content (AvgIpc) is 2.61. The van der Waals surface area contributed by atoms with Crippen molar-refractivity contribution in [1.29, 1.82) is 0 Å². The van der Waals surface area contributed by atoms with Gasteiger partial charge in [0.25, 0.3) is 0 Å². The fourth-order valence-electron chi connectivity index (χ4n) is 1.48. The minimum atomic E-state index is -1.12. The number of hydrogen-bond donors (Lipinski definition) is 0. The molecule has 0 spiro atoms. The molecule has 0 saturated carbocycles. The number of carbonyl (C=O) groups is 2. The molecule has 1 rings (SSSR count). The molecule has 1 aromatic rings. The van der Waals surface area contributed by atoms with E-state index in [0.717, 1.165) is 11.4 Å². The Morgan fingerprint density at radius 3 is 2.44 bits per heavy atom. The van der Waals surface area contributed by atoms with E-state index in [0.29, 0.717) is 0 Å². The van der Waals surface area contributed by atoms with Crippen molar-refractivity contribution < 1.29 is 14.3 Å². The van der Waals surface area contributed by atoms with Gasteiger partial charge >= 0.3 is 5.97 Å². The second-order valence-corrected chi connectivity index (χ2v) is 4.81. The van der Waals surface area contributed by atoms with E-state index in [9.17, 15) is 9.59 Å². The monoisotopic (exact) mass is 252 g/mol. The van der Waals surface area contributed by atoms with Crippen LogP contribution in [0.15, 0.2) is 6.33 Å². The van der Waals surface area contributed by atoms with Crippen LogP contribution in [0, 0.1) is 19.3 Å². The lowest BCUT2D eigenvalue weighted by Gasteiger charge is -2.21. The van der Waals surface area contributed by atoms with Gasteiger partial charge in [-0.15, -0.1) is 0 Å². The first kappa shape index (κ1) is 14.4. The van der Waals surface area contributed by atoms with Crippen LogP contribution in [0.1, 0.15) is 32.2 Å². The standard InChI is InChI=1S/C13H20N2O3/c1-6-18-12(17)13(4,5)11(16)7-15-8-14-9(2)10(15)3/h8H,6-7H2,1-5H3. The Hall–Kier alpha value is -1.65. The largest absolute Gasteiger partial charge is 0.465 e. The molecule has 18 heavy (non-hydrogen) atoms. The Kier molecular flexibility index (Phi) is 4.27. The molecule has 1 aromatic heterocycles. The highest BCUT2D eigenvalue weighted by atomic mass is 16.5. The molecule has 0 bridgehead atoms. The summed E-state index contributed by atoms with van der Waals surface area (Å²) in [5.74, 6) is -0.661. The lowest BCUT2D eigenvalue weighted by molar-refractivity contribution is -0.158. The zero-order valence-corrected chi connectivity index (χ0v) is 11.6. The van der Waals surface area contributed by atoms with Crippen molar-refractivity contribution in [3.63, 3.8) is 0 Å². The molecule has 0 aliphatic heterocycles. The number of carbonyl (C=O) groups excluding carboxylic acids is 2. The number of aromatic nitrogens is 2. The molecule has 0 aromatic carbocycles. The maximum Gasteiger partial charge on any atom is 0.319 e. The number of nitrogens with zero attached hydrogens (tertiary/aromatic N) is 2. The summed E-state index contributed by atoms with van der Waals surface area (Å²) in [7, 11) is 0. The Morgan fingerprint density at radius 1 is 1.39 bits per heavy atom. The molecule has 0 fully saturated rings. The molecule has 0 saturated heterocycles. The summed E-state index contributed by atoms with van der Waals surface area (Å²) >= 11 is 0. The predicted octanol–water partition coefficient (Wildman–Crippen LogP) is 1.66.